The van der Waals surface area contributed by atoms with E-state index >= 15 is 0 Å². The molecule has 1 amide bonds. The molecule has 0 bridgehead atoms. The minimum absolute atomic E-state index is 0.0625. The Bertz CT molecular complexity index is 511. The topological polar surface area (TPSA) is 75.6 Å². The number of alkyl carbamates (subject to hydrolysis) is 1. The van der Waals surface area contributed by atoms with Crippen LogP contribution in [0.15, 0.2) is 24.3 Å². The molecule has 0 saturated carbocycles. The molecular weight excluding hydrogens is 294 g/mol. The molecule has 0 fully saturated rings. The van der Waals surface area contributed by atoms with Crippen LogP contribution < -0.4 is 5.32 Å². The van der Waals surface area contributed by atoms with Crippen molar-refractivity contribution in [3.8, 4) is 0 Å². The summed E-state index contributed by atoms with van der Waals surface area (Å²) in [6.07, 6.45) is -0.389. The molecule has 6 heteroatoms. The number of halogens is 1. The van der Waals surface area contributed by atoms with Crippen LogP contribution in [0.4, 0.5) is 4.79 Å². The monoisotopic (exact) mass is 313 g/mol. The normalized spacial score (nSPS) is 12.6. The zero-order valence-corrected chi connectivity index (χ0v) is 13.1. The van der Waals surface area contributed by atoms with Gasteiger partial charge in [-0.1, -0.05) is 23.7 Å². The first-order chi connectivity index (χ1) is 9.67. The van der Waals surface area contributed by atoms with Crippen LogP contribution in [0.3, 0.4) is 0 Å². The molecular formula is C15H20ClNO4. The molecule has 0 aromatic heterocycles. The number of hydrogen-bond acceptors (Lipinski definition) is 3. The molecule has 2 N–H and O–H groups in total. The van der Waals surface area contributed by atoms with E-state index in [9.17, 15) is 9.59 Å². The summed E-state index contributed by atoms with van der Waals surface area (Å²) >= 11 is 5.93. The molecule has 1 unspecified atom stereocenters. The van der Waals surface area contributed by atoms with Crippen molar-refractivity contribution in [3.05, 3.63) is 34.9 Å². The fourth-order valence-electron chi connectivity index (χ4n) is 1.76. The summed E-state index contributed by atoms with van der Waals surface area (Å²) in [5, 5.41) is 12.0. The Morgan fingerprint density at radius 2 is 2.05 bits per heavy atom. The van der Waals surface area contributed by atoms with E-state index < -0.39 is 23.7 Å². The van der Waals surface area contributed by atoms with E-state index in [-0.39, 0.29) is 12.8 Å². The lowest BCUT2D eigenvalue weighted by Crippen LogP contribution is -2.35. The van der Waals surface area contributed by atoms with Gasteiger partial charge in [0.1, 0.15) is 5.60 Å². The van der Waals surface area contributed by atoms with Crippen molar-refractivity contribution < 1.29 is 19.4 Å². The maximum absolute atomic E-state index is 11.9. The van der Waals surface area contributed by atoms with Gasteiger partial charge in [-0.25, -0.2) is 4.79 Å². The highest BCUT2D eigenvalue weighted by molar-refractivity contribution is 6.30. The third kappa shape index (κ3) is 6.99. The molecule has 0 saturated heterocycles. The van der Waals surface area contributed by atoms with Gasteiger partial charge >= 0.3 is 12.1 Å². The van der Waals surface area contributed by atoms with Gasteiger partial charge in [0.05, 0.1) is 6.04 Å². The maximum atomic E-state index is 11.9. The van der Waals surface area contributed by atoms with E-state index in [2.05, 4.69) is 5.32 Å². The van der Waals surface area contributed by atoms with Gasteiger partial charge in [-0.15, -0.1) is 0 Å². The molecule has 0 spiro atoms. The Kier molecular flexibility index (Phi) is 6.03. The predicted octanol–water partition coefficient (Wildman–Crippen LogP) is 3.77. The third-order valence-electron chi connectivity index (χ3n) is 2.59. The van der Waals surface area contributed by atoms with Crippen LogP contribution in [-0.4, -0.2) is 22.8 Å². The lowest BCUT2D eigenvalue weighted by molar-refractivity contribution is -0.137. The number of carbonyl (C=O) groups excluding carboxylic acids is 1. The Morgan fingerprint density at radius 3 is 2.57 bits per heavy atom. The summed E-state index contributed by atoms with van der Waals surface area (Å²) in [5.41, 5.74) is 0.130. The Balaban J connectivity index is 2.82. The van der Waals surface area contributed by atoms with Crippen LogP contribution >= 0.6 is 11.6 Å². The van der Waals surface area contributed by atoms with Gasteiger partial charge in [-0.3, -0.25) is 4.79 Å². The SMILES string of the molecule is CC(C)(C)OC(=O)NC(CCC(=O)O)c1cccc(Cl)c1. The highest BCUT2D eigenvalue weighted by Crippen LogP contribution is 2.22. The Morgan fingerprint density at radius 1 is 1.38 bits per heavy atom. The largest absolute Gasteiger partial charge is 0.481 e. The number of rotatable bonds is 5. The number of nitrogens with one attached hydrogen (secondary N) is 1. The molecule has 1 rings (SSSR count). The number of benzene rings is 1. The zero-order valence-electron chi connectivity index (χ0n) is 12.4. The van der Waals surface area contributed by atoms with Crippen molar-refractivity contribution in [2.75, 3.05) is 0 Å². The van der Waals surface area contributed by atoms with Crippen molar-refractivity contribution in [2.24, 2.45) is 0 Å². The number of hydrogen-bond donors (Lipinski definition) is 2. The van der Waals surface area contributed by atoms with Gasteiger partial charge in [0.15, 0.2) is 0 Å². The van der Waals surface area contributed by atoms with Gasteiger partial charge in [0.25, 0.3) is 0 Å². The summed E-state index contributed by atoms with van der Waals surface area (Å²) in [6, 6.07) is 6.49. The molecule has 0 radical (unpaired) electrons. The van der Waals surface area contributed by atoms with Crippen LogP contribution in [0.2, 0.25) is 5.02 Å². The molecule has 0 aliphatic heterocycles. The van der Waals surface area contributed by atoms with Gasteiger partial charge in [0.2, 0.25) is 0 Å². The fourth-order valence-corrected chi connectivity index (χ4v) is 1.96. The van der Waals surface area contributed by atoms with E-state index in [1.54, 1.807) is 45.0 Å². The van der Waals surface area contributed by atoms with Crippen LogP contribution in [-0.2, 0) is 9.53 Å². The van der Waals surface area contributed by atoms with Crippen LogP contribution in [0.5, 0.6) is 0 Å². The number of carbonyl (C=O) groups is 2. The second-order valence-corrected chi connectivity index (χ2v) is 6.12. The van der Waals surface area contributed by atoms with Crippen molar-refractivity contribution in [1.82, 2.24) is 5.32 Å². The molecule has 21 heavy (non-hydrogen) atoms. The van der Waals surface area contributed by atoms with Crippen LogP contribution in [0, 0.1) is 0 Å². The number of carboxylic acids is 1. The Labute approximate surface area is 129 Å². The predicted molar refractivity (Wildman–Crippen MR) is 80.4 cm³/mol. The lowest BCUT2D eigenvalue weighted by atomic mass is 10.0. The molecule has 0 aliphatic carbocycles. The standard InChI is InChI=1S/C15H20ClNO4/c1-15(2,3)21-14(20)17-12(7-8-13(18)19)10-5-4-6-11(16)9-10/h4-6,9,12H,7-8H2,1-3H3,(H,17,20)(H,18,19). The summed E-state index contributed by atoms with van der Waals surface area (Å²) in [7, 11) is 0. The second kappa shape index (κ2) is 7.31. The van der Waals surface area contributed by atoms with Crippen molar-refractivity contribution in [3.63, 3.8) is 0 Å². The van der Waals surface area contributed by atoms with Gasteiger partial charge in [-0.05, 0) is 44.9 Å². The maximum Gasteiger partial charge on any atom is 0.408 e. The molecule has 0 aliphatic rings. The van der Waals surface area contributed by atoms with Gasteiger partial charge in [0, 0.05) is 11.4 Å². The summed E-state index contributed by atoms with van der Waals surface area (Å²) in [5.74, 6) is -0.923. The van der Waals surface area contributed by atoms with E-state index in [1.807, 2.05) is 0 Å². The highest BCUT2D eigenvalue weighted by atomic mass is 35.5. The average Bonchev–Trinajstić information content (AvgIpc) is 2.32. The molecule has 1 aromatic rings. The first-order valence-corrected chi connectivity index (χ1v) is 7.02. The summed E-state index contributed by atoms with van der Waals surface area (Å²) in [4.78, 5) is 22.6. The van der Waals surface area contributed by atoms with Crippen molar-refractivity contribution >= 4 is 23.7 Å². The summed E-state index contributed by atoms with van der Waals surface area (Å²) < 4.78 is 5.20. The van der Waals surface area contributed by atoms with Crippen molar-refractivity contribution in [2.45, 2.75) is 45.3 Å². The van der Waals surface area contributed by atoms with E-state index in [0.717, 1.165) is 5.56 Å². The Hall–Kier alpha value is -1.75. The number of aliphatic carboxylic acids is 1. The first-order valence-electron chi connectivity index (χ1n) is 6.64. The smallest absolute Gasteiger partial charge is 0.408 e. The second-order valence-electron chi connectivity index (χ2n) is 5.69. The lowest BCUT2D eigenvalue weighted by Gasteiger charge is -2.23. The van der Waals surface area contributed by atoms with Crippen molar-refractivity contribution in [1.29, 1.82) is 0 Å². The quantitative estimate of drug-likeness (QED) is 0.867. The van der Waals surface area contributed by atoms with Gasteiger partial charge < -0.3 is 15.2 Å². The summed E-state index contributed by atoms with van der Waals surface area (Å²) in [6.45, 7) is 5.29. The van der Waals surface area contributed by atoms with E-state index in [1.165, 1.54) is 0 Å². The van der Waals surface area contributed by atoms with Crippen LogP contribution in [0.25, 0.3) is 0 Å². The number of amides is 1. The minimum Gasteiger partial charge on any atom is -0.481 e. The van der Waals surface area contributed by atoms with Gasteiger partial charge in [-0.2, -0.15) is 0 Å². The fraction of sp³-hybridized carbons (Fsp3) is 0.467. The van der Waals surface area contributed by atoms with E-state index in [0.29, 0.717) is 5.02 Å². The van der Waals surface area contributed by atoms with Crippen LogP contribution in [0.1, 0.15) is 45.2 Å². The molecule has 0 heterocycles. The third-order valence-corrected chi connectivity index (χ3v) is 2.82. The molecule has 116 valence electrons. The average molecular weight is 314 g/mol. The number of carboxylic acid groups (broad SMARTS) is 1. The molecule has 5 nitrogen and oxygen atoms in total. The first kappa shape index (κ1) is 17.3. The molecule has 1 atom stereocenters. The zero-order chi connectivity index (χ0) is 16.0. The highest BCUT2D eigenvalue weighted by Gasteiger charge is 2.21. The van der Waals surface area contributed by atoms with E-state index in [4.69, 9.17) is 21.4 Å². The number of ether oxygens (including phenoxy) is 1. The minimum atomic E-state index is -0.923. The molecule has 1 aromatic carbocycles.